The van der Waals surface area contributed by atoms with Gasteiger partial charge in [-0.3, -0.25) is 4.79 Å². The zero-order valence-electron chi connectivity index (χ0n) is 9.18. The Morgan fingerprint density at radius 3 is 3.06 bits per heavy atom. The first kappa shape index (κ1) is 12.7. The van der Waals surface area contributed by atoms with Gasteiger partial charge in [-0.2, -0.15) is 5.26 Å². The van der Waals surface area contributed by atoms with Crippen molar-refractivity contribution in [3.05, 3.63) is 50.4 Å². The van der Waals surface area contributed by atoms with Gasteiger partial charge in [-0.15, -0.1) is 11.3 Å². The lowest BCUT2D eigenvalue weighted by molar-refractivity contribution is 0.0951. The summed E-state index contributed by atoms with van der Waals surface area (Å²) in [6.07, 6.45) is 1.45. The molecule has 6 heteroatoms. The maximum atomic E-state index is 11.8. The number of hydrogen-bond acceptors (Lipinski definition) is 4. The molecule has 4 nitrogen and oxygen atoms in total. The summed E-state index contributed by atoms with van der Waals surface area (Å²) < 4.78 is 1.01. The molecule has 0 radical (unpaired) electrons. The maximum absolute atomic E-state index is 11.8. The Bertz CT molecular complexity index is 618. The molecule has 0 bridgehead atoms. The highest BCUT2D eigenvalue weighted by Gasteiger charge is 2.07. The van der Waals surface area contributed by atoms with Crippen molar-refractivity contribution >= 4 is 33.2 Å². The van der Waals surface area contributed by atoms with Crippen LogP contribution in [0.3, 0.4) is 0 Å². The summed E-state index contributed by atoms with van der Waals surface area (Å²) in [4.78, 5) is 16.7. The van der Waals surface area contributed by atoms with E-state index in [1.165, 1.54) is 12.3 Å². The van der Waals surface area contributed by atoms with Crippen LogP contribution in [0.2, 0.25) is 0 Å². The van der Waals surface area contributed by atoms with Crippen molar-refractivity contribution in [3.63, 3.8) is 0 Å². The molecule has 0 saturated heterocycles. The minimum Gasteiger partial charge on any atom is -0.347 e. The molecule has 2 aromatic rings. The second kappa shape index (κ2) is 5.76. The largest absolute Gasteiger partial charge is 0.347 e. The average molecular weight is 322 g/mol. The van der Waals surface area contributed by atoms with Gasteiger partial charge in [0.15, 0.2) is 0 Å². The smallest absolute Gasteiger partial charge is 0.251 e. The fourth-order valence-corrected chi connectivity index (χ4v) is 2.74. The molecule has 1 amide bonds. The average Bonchev–Trinajstić information content (AvgIpc) is 2.82. The SMILES string of the molecule is N#Cc1cc(C(=O)NCc2cc(Br)cs2)ccn1. The summed E-state index contributed by atoms with van der Waals surface area (Å²) in [5.74, 6) is -0.210. The van der Waals surface area contributed by atoms with Crippen molar-refractivity contribution in [2.24, 2.45) is 0 Å². The number of nitriles is 1. The van der Waals surface area contributed by atoms with Crippen LogP contribution in [0.5, 0.6) is 0 Å². The molecule has 90 valence electrons. The lowest BCUT2D eigenvalue weighted by Crippen LogP contribution is -2.22. The second-order valence-corrected chi connectivity index (χ2v) is 5.37. The summed E-state index contributed by atoms with van der Waals surface area (Å²) in [7, 11) is 0. The minimum atomic E-state index is -0.210. The number of thiophene rings is 1. The zero-order chi connectivity index (χ0) is 13.0. The number of carbonyl (C=O) groups is 1. The fourth-order valence-electron chi connectivity index (χ4n) is 1.35. The third-order valence-electron chi connectivity index (χ3n) is 2.18. The molecule has 0 unspecified atom stereocenters. The standard InChI is InChI=1S/C12H8BrN3OS/c13-9-4-11(18-7-9)6-16-12(17)8-1-2-15-10(3-8)5-14/h1-4,7H,6H2,(H,16,17). The maximum Gasteiger partial charge on any atom is 0.251 e. The molecule has 0 spiro atoms. The number of rotatable bonds is 3. The Kier molecular flexibility index (Phi) is 4.07. The molecule has 18 heavy (non-hydrogen) atoms. The van der Waals surface area contributed by atoms with E-state index in [0.717, 1.165) is 9.35 Å². The van der Waals surface area contributed by atoms with E-state index in [-0.39, 0.29) is 11.6 Å². The topological polar surface area (TPSA) is 65.8 Å². The molecule has 2 aromatic heterocycles. The molecule has 1 N–H and O–H groups in total. The molecule has 0 atom stereocenters. The predicted octanol–water partition coefficient (Wildman–Crippen LogP) is 2.71. The molecule has 0 aliphatic rings. The first-order valence-electron chi connectivity index (χ1n) is 5.06. The van der Waals surface area contributed by atoms with Gasteiger partial charge in [0.05, 0.1) is 6.54 Å². The first-order valence-corrected chi connectivity index (χ1v) is 6.73. The Morgan fingerprint density at radius 2 is 2.39 bits per heavy atom. The van der Waals surface area contributed by atoms with Crippen molar-refractivity contribution in [2.75, 3.05) is 0 Å². The van der Waals surface area contributed by atoms with Crippen molar-refractivity contribution in [1.29, 1.82) is 5.26 Å². The van der Waals surface area contributed by atoms with Crippen LogP contribution in [0.25, 0.3) is 0 Å². The van der Waals surface area contributed by atoms with E-state index >= 15 is 0 Å². The summed E-state index contributed by atoms with van der Waals surface area (Å²) in [6, 6.07) is 6.92. The highest BCUT2D eigenvalue weighted by atomic mass is 79.9. The zero-order valence-corrected chi connectivity index (χ0v) is 11.6. The Hall–Kier alpha value is -1.71. The monoisotopic (exact) mass is 321 g/mol. The van der Waals surface area contributed by atoms with E-state index in [1.807, 2.05) is 17.5 Å². The quantitative estimate of drug-likeness (QED) is 0.945. The van der Waals surface area contributed by atoms with Gasteiger partial charge in [0.1, 0.15) is 11.8 Å². The number of nitrogens with zero attached hydrogens (tertiary/aromatic N) is 2. The van der Waals surface area contributed by atoms with Crippen LogP contribution >= 0.6 is 27.3 Å². The van der Waals surface area contributed by atoms with Crippen molar-refractivity contribution in [1.82, 2.24) is 10.3 Å². The second-order valence-electron chi connectivity index (χ2n) is 3.46. The van der Waals surface area contributed by atoms with E-state index in [0.29, 0.717) is 12.1 Å². The summed E-state index contributed by atoms with van der Waals surface area (Å²) in [5, 5.41) is 13.5. The molecule has 0 aliphatic carbocycles. The highest BCUT2D eigenvalue weighted by Crippen LogP contribution is 2.19. The van der Waals surface area contributed by atoms with E-state index < -0.39 is 0 Å². The molecular weight excluding hydrogens is 314 g/mol. The van der Waals surface area contributed by atoms with Crippen LogP contribution in [0.1, 0.15) is 20.9 Å². The van der Waals surface area contributed by atoms with E-state index in [1.54, 1.807) is 17.4 Å². The van der Waals surface area contributed by atoms with Gasteiger partial charge in [0, 0.05) is 26.5 Å². The highest BCUT2D eigenvalue weighted by molar-refractivity contribution is 9.10. The molecule has 0 saturated carbocycles. The van der Waals surface area contributed by atoms with E-state index in [2.05, 4.69) is 26.2 Å². The summed E-state index contributed by atoms with van der Waals surface area (Å²) in [5.41, 5.74) is 0.679. The van der Waals surface area contributed by atoms with Gasteiger partial charge < -0.3 is 5.32 Å². The molecule has 2 heterocycles. The third-order valence-corrected chi connectivity index (χ3v) is 3.88. The lowest BCUT2D eigenvalue weighted by atomic mass is 10.2. The molecule has 0 aliphatic heterocycles. The van der Waals surface area contributed by atoms with Crippen LogP contribution < -0.4 is 5.32 Å². The number of halogens is 1. The number of nitrogens with one attached hydrogen (secondary N) is 1. The third kappa shape index (κ3) is 3.15. The number of pyridine rings is 1. The van der Waals surface area contributed by atoms with E-state index in [4.69, 9.17) is 5.26 Å². The minimum absolute atomic E-state index is 0.210. The van der Waals surface area contributed by atoms with Crippen molar-refractivity contribution < 1.29 is 4.79 Å². The number of amides is 1. The fraction of sp³-hybridized carbons (Fsp3) is 0.0833. The van der Waals surface area contributed by atoms with Gasteiger partial charge >= 0.3 is 0 Å². The van der Waals surface area contributed by atoms with Crippen LogP contribution in [-0.2, 0) is 6.54 Å². The van der Waals surface area contributed by atoms with Gasteiger partial charge in [-0.1, -0.05) is 0 Å². The van der Waals surface area contributed by atoms with Gasteiger partial charge in [0.25, 0.3) is 5.91 Å². The summed E-state index contributed by atoms with van der Waals surface area (Å²) >= 11 is 4.92. The van der Waals surface area contributed by atoms with Crippen LogP contribution in [0.4, 0.5) is 0 Å². The lowest BCUT2D eigenvalue weighted by Gasteiger charge is -2.03. The number of carbonyl (C=O) groups excluding carboxylic acids is 1. The molecule has 0 fully saturated rings. The number of aromatic nitrogens is 1. The van der Waals surface area contributed by atoms with Crippen LogP contribution in [0.15, 0.2) is 34.2 Å². The Morgan fingerprint density at radius 1 is 1.56 bits per heavy atom. The predicted molar refractivity (Wildman–Crippen MR) is 72.1 cm³/mol. The first-order chi connectivity index (χ1) is 8.69. The Balaban J connectivity index is 2.01. The summed E-state index contributed by atoms with van der Waals surface area (Å²) in [6.45, 7) is 0.472. The normalized spacial score (nSPS) is 9.78. The van der Waals surface area contributed by atoms with Gasteiger partial charge in [0.2, 0.25) is 0 Å². The van der Waals surface area contributed by atoms with Crippen LogP contribution in [-0.4, -0.2) is 10.9 Å². The molecule has 2 rings (SSSR count). The van der Waals surface area contributed by atoms with Crippen LogP contribution in [0, 0.1) is 11.3 Å². The van der Waals surface area contributed by atoms with Gasteiger partial charge in [-0.05, 0) is 34.1 Å². The van der Waals surface area contributed by atoms with E-state index in [9.17, 15) is 4.79 Å². The molecule has 0 aromatic carbocycles. The van der Waals surface area contributed by atoms with Crippen molar-refractivity contribution in [2.45, 2.75) is 6.54 Å². The van der Waals surface area contributed by atoms with Crippen molar-refractivity contribution in [3.8, 4) is 6.07 Å². The Labute approximate surface area is 116 Å². The molecular formula is C12H8BrN3OS. The number of hydrogen-bond donors (Lipinski definition) is 1. The van der Waals surface area contributed by atoms with Gasteiger partial charge in [-0.25, -0.2) is 4.98 Å².